The third-order valence-electron chi connectivity index (χ3n) is 5.39. The minimum absolute atomic E-state index is 0.00468. The molecule has 5 rings (SSSR count). The fourth-order valence-electron chi connectivity index (χ4n) is 3.49. The summed E-state index contributed by atoms with van der Waals surface area (Å²) in [5.74, 6) is 1.55. The highest BCUT2D eigenvalue weighted by Crippen LogP contribution is 2.40. The van der Waals surface area contributed by atoms with Crippen LogP contribution in [0, 0.1) is 0 Å². The van der Waals surface area contributed by atoms with Gasteiger partial charge in [0.1, 0.15) is 6.61 Å². The molecule has 0 unspecified atom stereocenters. The van der Waals surface area contributed by atoms with E-state index >= 15 is 0 Å². The van der Waals surface area contributed by atoms with Crippen LogP contribution in [-0.4, -0.2) is 45.4 Å². The Hall–Kier alpha value is -4.57. The number of hydrogen-bond donors (Lipinski definition) is 1. The monoisotopic (exact) mass is 572 g/mol. The van der Waals surface area contributed by atoms with Crippen molar-refractivity contribution < 1.29 is 24.1 Å². The Morgan fingerprint density at radius 1 is 0.707 bits per heavy atom. The number of benzene rings is 3. The number of methoxy groups -OCH3 is 1. The molecule has 0 saturated heterocycles. The standard InChI is InChI=1S/C17H15ClN4O4.C14H14O/c1-24-11-5-2-3-6-12(11)26-13-14(18)21-16(15-19-7-4-8-20-15)22-17(13)25-10-9-23;1-3-7-13(8-4-1)11-15-12-14-9-5-2-6-10-14/h2-8,23H,9-10H2,1H3;1-10H,11-12H2. The summed E-state index contributed by atoms with van der Waals surface area (Å²) in [5, 5.41) is 9.07. The first kappa shape index (κ1) is 29.4. The van der Waals surface area contributed by atoms with Crippen molar-refractivity contribution in [2.75, 3.05) is 20.3 Å². The van der Waals surface area contributed by atoms with E-state index in [0.29, 0.717) is 24.7 Å². The van der Waals surface area contributed by atoms with Crippen molar-refractivity contribution in [2.24, 2.45) is 0 Å². The quantitative estimate of drug-likeness (QED) is 0.186. The minimum atomic E-state index is -0.201. The Labute approximate surface area is 243 Å². The summed E-state index contributed by atoms with van der Waals surface area (Å²) in [6.07, 6.45) is 3.13. The first-order chi connectivity index (χ1) is 20.2. The van der Waals surface area contributed by atoms with E-state index in [1.165, 1.54) is 18.2 Å². The number of ether oxygens (including phenoxy) is 4. The van der Waals surface area contributed by atoms with Gasteiger partial charge in [0, 0.05) is 12.4 Å². The molecule has 0 fully saturated rings. The van der Waals surface area contributed by atoms with Gasteiger partial charge >= 0.3 is 0 Å². The molecule has 0 bridgehead atoms. The normalized spacial score (nSPS) is 10.3. The molecule has 0 aliphatic rings. The van der Waals surface area contributed by atoms with E-state index in [9.17, 15) is 0 Å². The average molecular weight is 573 g/mol. The highest BCUT2D eigenvalue weighted by Gasteiger charge is 2.20. The fraction of sp³-hybridized carbons (Fsp3) is 0.161. The predicted octanol–water partition coefficient (Wildman–Crippen LogP) is 6.16. The number of aromatic nitrogens is 4. The number of para-hydroxylation sites is 2. The molecule has 41 heavy (non-hydrogen) atoms. The molecule has 210 valence electrons. The van der Waals surface area contributed by atoms with Crippen molar-refractivity contribution in [3.8, 4) is 34.8 Å². The number of aliphatic hydroxyl groups is 1. The average Bonchev–Trinajstić information content (AvgIpc) is 3.03. The highest BCUT2D eigenvalue weighted by molar-refractivity contribution is 6.31. The van der Waals surface area contributed by atoms with E-state index in [1.807, 2.05) is 42.5 Å². The molecule has 1 N–H and O–H groups in total. The van der Waals surface area contributed by atoms with Gasteiger partial charge in [0.05, 0.1) is 26.9 Å². The van der Waals surface area contributed by atoms with Gasteiger partial charge in [0.15, 0.2) is 22.5 Å². The predicted molar refractivity (Wildman–Crippen MR) is 155 cm³/mol. The van der Waals surface area contributed by atoms with Gasteiger partial charge in [-0.25, -0.2) is 15.0 Å². The third-order valence-corrected chi connectivity index (χ3v) is 5.65. The van der Waals surface area contributed by atoms with E-state index in [2.05, 4.69) is 44.2 Å². The van der Waals surface area contributed by atoms with Crippen LogP contribution in [0.2, 0.25) is 5.15 Å². The fourth-order valence-corrected chi connectivity index (χ4v) is 3.69. The number of aliphatic hydroxyl groups excluding tert-OH is 1. The summed E-state index contributed by atoms with van der Waals surface area (Å²) in [6, 6.07) is 29.2. The lowest BCUT2D eigenvalue weighted by molar-refractivity contribution is 0.107. The molecule has 0 aliphatic carbocycles. The summed E-state index contributed by atoms with van der Waals surface area (Å²) >= 11 is 6.29. The van der Waals surface area contributed by atoms with Crippen LogP contribution in [0.3, 0.4) is 0 Å². The van der Waals surface area contributed by atoms with Gasteiger partial charge in [-0.3, -0.25) is 0 Å². The molecule has 0 atom stereocenters. The Balaban J connectivity index is 0.000000218. The van der Waals surface area contributed by atoms with Crippen molar-refractivity contribution >= 4 is 11.6 Å². The second kappa shape index (κ2) is 15.9. The summed E-state index contributed by atoms with van der Waals surface area (Å²) < 4.78 is 22.2. The summed E-state index contributed by atoms with van der Waals surface area (Å²) in [7, 11) is 1.53. The minimum Gasteiger partial charge on any atom is -0.493 e. The van der Waals surface area contributed by atoms with E-state index in [-0.39, 0.29) is 41.6 Å². The lowest BCUT2D eigenvalue weighted by Gasteiger charge is -2.14. The zero-order valence-corrected chi connectivity index (χ0v) is 23.1. The molecule has 0 radical (unpaired) electrons. The van der Waals surface area contributed by atoms with Crippen LogP contribution in [-0.2, 0) is 18.0 Å². The largest absolute Gasteiger partial charge is 0.493 e. The number of halogens is 1. The molecular formula is C31H29ClN4O5. The molecule has 0 amide bonds. The maximum absolute atomic E-state index is 9.06. The molecule has 3 aromatic carbocycles. The highest BCUT2D eigenvalue weighted by atomic mass is 35.5. The summed E-state index contributed by atoms with van der Waals surface area (Å²) in [5.41, 5.74) is 2.43. The van der Waals surface area contributed by atoms with Crippen LogP contribution >= 0.6 is 11.6 Å². The summed E-state index contributed by atoms with van der Waals surface area (Å²) in [6.45, 7) is 1.16. The molecule has 10 heteroatoms. The van der Waals surface area contributed by atoms with Crippen LogP contribution in [0.1, 0.15) is 11.1 Å². The van der Waals surface area contributed by atoms with Crippen molar-refractivity contribution in [1.82, 2.24) is 19.9 Å². The maximum atomic E-state index is 9.06. The molecule has 2 heterocycles. The zero-order chi connectivity index (χ0) is 28.7. The zero-order valence-electron chi connectivity index (χ0n) is 22.4. The van der Waals surface area contributed by atoms with E-state index in [0.717, 1.165) is 0 Å². The molecule has 0 spiro atoms. The second-order valence-corrected chi connectivity index (χ2v) is 8.69. The number of rotatable bonds is 11. The Morgan fingerprint density at radius 3 is 1.88 bits per heavy atom. The number of nitrogens with zero attached hydrogens (tertiary/aromatic N) is 4. The molecule has 5 aromatic rings. The van der Waals surface area contributed by atoms with E-state index in [1.54, 1.807) is 36.7 Å². The first-order valence-corrected chi connectivity index (χ1v) is 13.1. The Bertz CT molecular complexity index is 1440. The van der Waals surface area contributed by atoms with Gasteiger partial charge in [-0.05, 0) is 29.3 Å². The van der Waals surface area contributed by atoms with Gasteiger partial charge in [-0.15, -0.1) is 0 Å². The van der Waals surface area contributed by atoms with Gasteiger partial charge in [-0.1, -0.05) is 84.4 Å². The van der Waals surface area contributed by atoms with E-state index < -0.39 is 0 Å². The molecule has 0 saturated carbocycles. The van der Waals surface area contributed by atoms with Gasteiger partial charge < -0.3 is 24.1 Å². The topological polar surface area (TPSA) is 109 Å². The lowest BCUT2D eigenvalue weighted by Crippen LogP contribution is -2.07. The number of hydrogen-bond acceptors (Lipinski definition) is 9. The molecule has 0 aliphatic heterocycles. The lowest BCUT2D eigenvalue weighted by atomic mass is 10.2. The third kappa shape index (κ3) is 8.97. The first-order valence-electron chi connectivity index (χ1n) is 12.7. The van der Waals surface area contributed by atoms with Crippen LogP contribution in [0.15, 0.2) is 103 Å². The van der Waals surface area contributed by atoms with Crippen LogP contribution < -0.4 is 14.2 Å². The molecule has 9 nitrogen and oxygen atoms in total. The molecular weight excluding hydrogens is 544 g/mol. The van der Waals surface area contributed by atoms with Crippen molar-refractivity contribution in [3.05, 3.63) is 120 Å². The van der Waals surface area contributed by atoms with Crippen LogP contribution in [0.4, 0.5) is 0 Å². The Morgan fingerprint density at radius 2 is 1.29 bits per heavy atom. The van der Waals surface area contributed by atoms with Gasteiger partial charge in [0.2, 0.25) is 11.6 Å². The maximum Gasteiger partial charge on any atom is 0.263 e. The van der Waals surface area contributed by atoms with E-state index in [4.69, 9.17) is 35.7 Å². The SMILES string of the molecule is COc1ccccc1Oc1c(Cl)nc(-c2ncccn2)nc1OCCO.c1ccc(COCc2ccccc2)cc1. The van der Waals surface area contributed by atoms with Gasteiger partial charge in [0.25, 0.3) is 5.88 Å². The Kier molecular flexibility index (Phi) is 11.4. The van der Waals surface area contributed by atoms with Crippen molar-refractivity contribution in [3.63, 3.8) is 0 Å². The van der Waals surface area contributed by atoms with Crippen LogP contribution in [0.5, 0.6) is 23.1 Å². The van der Waals surface area contributed by atoms with Crippen LogP contribution in [0.25, 0.3) is 11.6 Å². The van der Waals surface area contributed by atoms with Crippen molar-refractivity contribution in [1.29, 1.82) is 0 Å². The van der Waals surface area contributed by atoms with Gasteiger partial charge in [-0.2, -0.15) is 4.98 Å². The molecule has 2 aromatic heterocycles. The van der Waals surface area contributed by atoms with Crippen molar-refractivity contribution in [2.45, 2.75) is 13.2 Å². The summed E-state index contributed by atoms with van der Waals surface area (Å²) in [4.78, 5) is 16.6. The smallest absolute Gasteiger partial charge is 0.263 e. The second-order valence-electron chi connectivity index (χ2n) is 8.33.